The van der Waals surface area contributed by atoms with Gasteiger partial charge in [-0.1, -0.05) is 104 Å². The van der Waals surface area contributed by atoms with E-state index in [9.17, 15) is 0 Å². The molecule has 228 valence electrons. The first-order valence-electron chi connectivity index (χ1n) is 15.0. The first kappa shape index (κ1) is 38.1. The van der Waals surface area contributed by atoms with Gasteiger partial charge in [-0.3, -0.25) is 0 Å². The number of hydrogen-bond acceptors (Lipinski definition) is 2. The van der Waals surface area contributed by atoms with Gasteiger partial charge in [0, 0.05) is 13.2 Å². The van der Waals surface area contributed by atoms with Crippen molar-refractivity contribution in [1.82, 2.24) is 0 Å². The van der Waals surface area contributed by atoms with Crippen molar-refractivity contribution < 1.29 is 10.2 Å². The fourth-order valence-electron chi connectivity index (χ4n) is 6.12. The smallest absolute Gasteiger partial charge is 0.0470 e. The van der Waals surface area contributed by atoms with Crippen LogP contribution in [0.4, 0.5) is 0 Å². The molecule has 0 spiro atoms. The number of allylic oxidation sites excluding steroid dienone is 6. The molecule has 0 saturated heterocycles. The van der Waals surface area contributed by atoms with Gasteiger partial charge >= 0.3 is 0 Å². The molecule has 2 N–H and O–H groups in total. The monoisotopic (exact) mass is 552 g/mol. The van der Waals surface area contributed by atoms with E-state index in [1.54, 1.807) is 0 Å². The molecule has 0 radical (unpaired) electrons. The molecule has 4 saturated carbocycles. The number of aliphatic hydroxyl groups is 2. The van der Waals surface area contributed by atoms with Gasteiger partial charge in [0.2, 0.25) is 0 Å². The van der Waals surface area contributed by atoms with Gasteiger partial charge in [0.15, 0.2) is 0 Å². The zero-order valence-corrected chi connectivity index (χ0v) is 27.6. The zero-order chi connectivity index (χ0) is 31.7. The molecule has 4 rings (SSSR count). The van der Waals surface area contributed by atoms with E-state index in [1.165, 1.54) is 17.6 Å². The van der Waals surface area contributed by atoms with Gasteiger partial charge in [0.25, 0.3) is 0 Å². The highest BCUT2D eigenvalue weighted by Crippen LogP contribution is 2.53. The maximum atomic E-state index is 8.90. The molecule has 4 fully saturated rings. The predicted octanol–water partition coefficient (Wildman–Crippen LogP) is 10.0. The second-order valence-corrected chi connectivity index (χ2v) is 14.3. The molecule has 0 aromatic carbocycles. The Kier molecular flexibility index (Phi) is 14.6. The van der Waals surface area contributed by atoms with Crippen molar-refractivity contribution in [2.24, 2.45) is 57.2 Å². The summed E-state index contributed by atoms with van der Waals surface area (Å²) in [5.74, 6) is 3.65. The molecular formula is C38H64O2. The third kappa shape index (κ3) is 8.10. The van der Waals surface area contributed by atoms with Crippen LogP contribution < -0.4 is 0 Å². The maximum Gasteiger partial charge on any atom is 0.0470 e. The van der Waals surface area contributed by atoms with Crippen LogP contribution in [0.25, 0.3) is 0 Å². The molecule has 0 heterocycles. The van der Waals surface area contributed by atoms with Gasteiger partial charge in [-0.15, -0.1) is 39.5 Å². The Hall–Kier alpha value is -1.90. The molecule has 0 aromatic heterocycles. The second-order valence-electron chi connectivity index (χ2n) is 14.3. The molecular weight excluding hydrogens is 488 g/mol. The van der Waals surface area contributed by atoms with Gasteiger partial charge in [-0.25, -0.2) is 0 Å². The molecule has 4 aliphatic carbocycles. The first-order chi connectivity index (χ1) is 18.4. The summed E-state index contributed by atoms with van der Waals surface area (Å²) < 4.78 is 0. The van der Waals surface area contributed by atoms with Crippen LogP contribution >= 0.6 is 0 Å². The molecule has 0 bridgehead atoms. The van der Waals surface area contributed by atoms with Crippen molar-refractivity contribution >= 4 is 0 Å². The highest BCUT2D eigenvalue weighted by molar-refractivity contribution is 5.24. The maximum absolute atomic E-state index is 8.90. The van der Waals surface area contributed by atoms with Crippen LogP contribution in [0.15, 0.2) is 88.1 Å². The summed E-state index contributed by atoms with van der Waals surface area (Å²) in [4.78, 5) is 0. The minimum atomic E-state index is 0.203. The molecule has 0 aliphatic heterocycles. The van der Waals surface area contributed by atoms with Crippen LogP contribution in [0.2, 0.25) is 0 Å². The predicted molar refractivity (Wildman–Crippen MR) is 179 cm³/mol. The van der Waals surface area contributed by atoms with Gasteiger partial charge in [-0.05, 0) is 82.9 Å². The molecule has 0 amide bonds. The van der Waals surface area contributed by atoms with Gasteiger partial charge in [0.1, 0.15) is 0 Å². The second kappa shape index (κ2) is 15.4. The van der Waals surface area contributed by atoms with E-state index < -0.39 is 0 Å². The van der Waals surface area contributed by atoms with Crippen LogP contribution in [0, 0.1) is 57.2 Å². The minimum Gasteiger partial charge on any atom is -0.396 e. The average Bonchev–Trinajstić information content (AvgIpc) is 2.92. The van der Waals surface area contributed by atoms with Crippen molar-refractivity contribution in [2.45, 2.75) is 81.1 Å². The summed E-state index contributed by atoms with van der Waals surface area (Å²) in [6.07, 6.45) is 12.7. The van der Waals surface area contributed by atoms with Crippen LogP contribution in [-0.4, -0.2) is 23.4 Å². The standard InChI is InChI=1S/C10H16.C9H16O.C9H14.C8H14O.C2H4/c1-5-8-7-9(6-2)10(8,3)4;1-4-7-5-8(6-10)9(7,2)3;1-5-8-6-7(2)9(8,3)4;1-6-4-7(5-9)8(6,2)3;1-2/h5-6,8-9H,1-2,7H2,3-4H3;4,7-8,10H,1,5-6H2,2-3H3;5,8H,1-2,6H2,3-4H3;7,9H,1,4-5H2,2-3H3;1-2H2. The van der Waals surface area contributed by atoms with Crippen molar-refractivity contribution in [3.05, 3.63) is 88.1 Å². The zero-order valence-electron chi connectivity index (χ0n) is 27.6. The molecule has 6 unspecified atom stereocenters. The highest BCUT2D eigenvalue weighted by atomic mass is 16.3. The summed E-state index contributed by atoms with van der Waals surface area (Å²) in [7, 11) is 0. The van der Waals surface area contributed by atoms with Crippen molar-refractivity contribution in [1.29, 1.82) is 0 Å². The topological polar surface area (TPSA) is 40.5 Å². The van der Waals surface area contributed by atoms with Crippen LogP contribution in [0.3, 0.4) is 0 Å². The quantitative estimate of drug-likeness (QED) is 0.322. The summed E-state index contributed by atoms with van der Waals surface area (Å²) >= 11 is 0. The Morgan fingerprint density at radius 1 is 0.575 bits per heavy atom. The van der Waals surface area contributed by atoms with Crippen LogP contribution in [-0.2, 0) is 0 Å². The molecule has 2 nitrogen and oxygen atoms in total. The molecule has 6 atom stereocenters. The van der Waals surface area contributed by atoms with Crippen LogP contribution in [0.5, 0.6) is 0 Å². The first-order valence-corrected chi connectivity index (χ1v) is 15.0. The number of rotatable bonds is 6. The molecule has 2 heteroatoms. The summed E-state index contributed by atoms with van der Waals surface area (Å²) in [6.45, 7) is 47.4. The summed E-state index contributed by atoms with van der Waals surface area (Å²) in [6, 6.07) is 0. The van der Waals surface area contributed by atoms with E-state index in [0.717, 1.165) is 19.3 Å². The van der Waals surface area contributed by atoms with Crippen LogP contribution in [0.1, 0.15) is 81.1 Å². The average molecular weight is 553 g/mol. The van der Waals surface area contributed by atoms with E-state index in [1.807, 2.05) is 12.2 Å². The molecule has 0 aromatic rings. The normalized spacial score (nSPS) is 32.5. The lowest BCUT2D eigenvalue weighted by atomic mass is 9.55. The van der Waals surface area contributed by atoms with Gasteiger partial charge < -0.3 is 10.2 Å². The van der Waals surface area contributed by atoms with Crippen molar-refractivity contribution in [2.75, 3.05) is 13.2 Å². The highest BCUT2D eigenvalue weighted by Gasteiger charge is 2.46. The lowest BCUT2D eigenvalue weighted by molar-refractivity contribution is -0.0258. The lowest BCUT2D eigenvalue weighted by Gasteiger charge is -2.50. The van der Waals surface area contributed by atoms with E-state index in [-0.39, 0.29) is 10.8 Å². The summed E-state index contributed by atoms with van der Waals surface area (Å²) in [5, 5.41) is 17.7. The fraction of sp³-hybridized carbons (Fsp3) is 0.632. The van der Waals surface area contributed by atoms with Gasteiger partial charge in [0.05, 0.1) is 0 Å². The van der Waals surface area contributed by atoms with E-state index >= 15 is 0 Å². The SMILES string of the molecule is C=C.C=C1CC(CO)C1(C)C.C=CC1CC(=C)C1(C)C.C=CC1CC(C=C)C1(C)C.C=CC1CC(CO)C1(C)C. The third-order valence-electron chi connectivity index (χ3n) is 11.3. The number of hydrogen-bond donors (Lipinski definition) is 2. The Bertz CT molecular complexity index is 867. The Balaban J connectivity index is 0.000000497. The third-order valence-corrected chi connectivity index (χ3v) is 11.3. The van der Waals surface area contributed by atoms with Crippen molar-refractivity contribution in [3.8, 4) is 0 Å². The lowest BCUT2D eigenvalue weighted by Crippen LogP contribution is -2.45. The van der Waals surface area contributed by atoms with Crippen molar-refractivity contribution in [3.63, 3.8) is 0 Å². The summed E-state index contributed by atoms with van der Waals surface area (Å²) in [5.41, 5.74) is 3.89. The van der Waals surface area contributed by atoms with E-state index in [2.05, 4.69) is 120 Å². The Labute approximate surface area is 249 Å². The molecule has 40 heavy (non-hydrogen) atoms. The minimum absolute atomic E-state index is 0.203. The largest absolute Gasteiger partial charge is 0.396 e. The number of aliphatic hydroxyl groups excluding tert-OH is 2. The fourth-order valence-corrected chi connectivity index (χ4v) is 6.12. The Morgan fingerprint density at radius 3 is 1.12 bits per heavy atom. The van der Waals surface area contributed by atoms with E-state index in [4.69, 9.17) is 10.2 Å². The Morgan fingerprint density at radius 2 is 0.950 bits per heavy atom. The molecule has 4 aliphatic rings. The van der Waals surface area contributed by atoms with Gasteiger partial charge in [-0.2, -0.15) is 0 Å². The van der Waals surface area contributed by atoms with E-state index in [0.29, 0.717) is 59.6 Å².